The summed E-state index contributed by atoms with van der Waals surface area (Å²) in [5.41, 5.74) is 3.88. The summed E-state index contributed by atoms with van der Waals surface area (Å²) >= 11 is 0. The van der Waals surface area contributed by atoms with Crippen molar-refractivity contribution in [3.8, 4) is 16.9 Å². The molecule has 2 aromatic carbocycles. The van der Waals surface area contributed by atoms with Crippen molar-refractivity contribution in [3.63, 3.8) is 0 Å². The first-order valence-corrected chi connectivity index (χ1v) is 9.52. The van der Waals surface area contributed by atoms with Crippen molar-refractivity contribution in [2.24, 2.45) is 0 Å². The Hall–Kier alpha value is -3.61. The third-order valence-corrected chi connectivity index (χ3v) is 5.48. The van der Waals surface area contributed by atoms with Crippen LogP contribution in [0.4, 0.5) is 8.78 Å². The molecule has 0 amide bonds. The SMILES string of the molecule is COc1cccc(-c2cnn3cc4c(nc23)CC(c2cc(F)cc(F)c2)CC4=O)c1. The maximum atomic E-state index is 13.7. The Morgan fingerprint density at radius 3 is 2.63 bits per heavy atom. The van der Waals surface area contributed by atoms with Gasteiger partial charge in [-0.25, -0.2) is 18.3 Å². The molecule has 1 aliphatic rings. The van der Waals surface area contributed by atoms with E-state index < -0.39 is 11.6 Å². The second kappa shape index (κ2) is 7.02. The second-order valence-electron chi connectivity index (χ2n) is 7.39. The molecule has 1 unspecified atom stereocenters. The van der Waals surface area contributed by atoms with E-state index in [0.717, 1.165) is 17.2 Å². The minimum absolute atomic E-state index is 0.112. The Labute approximate surface area is 170 Å². The minimum atomic E-state index is -0.650. The van der Waals surface area contributed by atoms with E-state index in [9.17, 15) is 13.6 Å². The van der Waals surface area contributed by atoms with Gasteiger partial charge in [0.15, 0.2) is 11.4 Å². The molecule has 30 heavy (non-hydrogen) atoms. The summed E-state index contributed by atoms with van der Waals surface area (Å²) in [6.07, 6.45) is 3.98. The van der Waals surface area contributed by atoms with Crippen molar-refractivity contribution < 1.29 is 18.3 Å². The zero-order valence-corrected chi connectivity index (χ0v) is 16.1. The second-order valence-corrected chi connectivity index (χ2v) is 7.39. The van der Waals surface area contributed by atoms with Crippen molar-refractivity contribution >= 4 is 11.4 Å². The first-order valence-electron chi connectivity index (χ1n) is 9.52. The fraction of sp³-hybridized carbons (Fsp3) is 0.174. The molecule has 2 aromatic heterocycles. The van der Waals surface area contributed by atoms with E-state index in [2.05, 4.69) is 5.10 Å². The lowest BCUT2D eigenvalue weighted by Crippen LogP contribution is -2.21. The third-order valence-electron chi connectivity index (χ3n) is 5.48. The molecule has 0 saturated carbocycles. The average molecular weight is 405 g/mol. The molecular weight excluding hydrogens is 388 g/mol. The number of aromatic nitrogens is 3. The molecule has 1 atom stereocenters. The first kappa shape index (κ1) is 18.4. The molecule has 2 heterocycles. The van der Waals surface area contributed by atoms with E-state index in [1.165, 1.54) is 12.1 Å². The molecule has 0 aliphatic heterocycles. The summed E-state index contributed by atoms with van der Waals surface area (Å²) in [5, 5.41) is 4.36. The molecule has 1 aliphatic carbocycles. The van der Waals surface area contributed by atoms with E-state index in [4.69, 9.17) is 9.72 Å². The number of carbonyl (C=O) groups is 1. The van der Waals surface area contributed by atoms with Gasteiger partial charge in [0.1, 0.15) is 17.4 Å². The third kappa shape index (κ3) is 3.12. The van der Waals surface area contributed by atoms with Crippen LogP contribution >= 0.6 is 0 Å². The van der Waals surface area contributed by atoms with Gasteiger partial charge in [0.05, 0.1) is 24.6 Å². The van der Waals surface area contributed by atoms with Gasteiger partial charge < -0.3 is 4.74 Å². The van der Waals surface area contributed by atoms with Crippen LogP contribution in [0.3, 0.4) is 0 Å². The van der Waals surface area contributed by atoms with Crippen LogP contribution < -0.4 is 4.74 Å². The van der Waals surface area contributed by atoms with Crippen LogP contribution in [0.2, 0.25) is 0 Å². The number of nitrogens with zero attached hydrogens (tertiary/aromatic N) is 3. The van der Waals surface area contributed by atoms with E-state index in [1.807, 2.05) is 24.3 Å². The Balaban J connectivity index is 1.59. The van der Waals surface area contributed by atoms with Gasteiger partial charge in [0.25, 0.3) is 0 Å². The number of rotatable bonds is 3. The summed E-state index contributed by atoms with van der Waals surface area (Å²) in [6.45, 7) is 0. The number of Topliss-reactive ketones (excluding diaryl/α,β-unsaturated/α-hetero) is 1. The van der Waals surface area contributed by atoms with Gasteiger partial charge in [-0.2, -0.15) is 5.10 Å². The number of hydrogen-bond acceptors (Lipinski definition) is 4. The van der Waals surface area contributed by atoms with Crippen LogP contribution in [-0.4, -0.2) is 27.5 Å². The molecule has 5 nitrogen and oxygen atoms in total. The van der Waals surface area contributed by atoms with Gasteiger partial charge in [-0.3, -0.25) is 4.79 Å². The monoisotopic (exact) mass is 405 g/mol. The lowest BCUT2D eigenvalue weighted by Gasteiger charge is -2.23. The number of methoxy groups -OCH3 is 1. The highest BCUT2D eigenvalue weighted by Gasteiger charge is 2.29. The average Bonchev–Trinajstić information content (AvgIpc) is 3.14. The van der Waals surface area contributed by atoms with Gasteiger partial charge in [0.2, 0.25) is 0 Å². The van der Waals surface area contributed by atoms with Crippen LogP contribution in [0, 0.1) is 11.6 Å². The molecule has 0 radical (unpaired) electrons. The smallest absolute Gasteiger partial charge is 0.166 e. The number of benzene rings is 2. The predicted molar refractivity (Wildman–Crippen MR) is 107 cm³/mol. The topological polar surface area (TPSA) is 56.5 Å². The highest BCUT2D eigenvalue weighted by Crippen LogP contribution is 2.34. The highest BCUT2D eigenvalue weighted by molar-refractivity contribution is 5.99. The zero-order valence-electron chi connectivity index (χ0n) is 16.1. The van der Waals surface area contributed by atoms with Gasteiger partial charge in [-0.1, -0.05) is 12.1 Å². The molecule has 0 bridgehead atoms. The maximum Gasteiger partial charge on any atom is 0.166 e. The van der Waals surface area contributed by atoms with Crippen LogP contribution in [0.5, 0.6) is 5.75 Å². The fourth-order valence-corrected chi connectivity index (χ4v) is 4.02. The number of ether oxygens (including phenoxy) is 1. The number of ketones is 1. The summed E-state index contributed by atoms with van der Waals surface area (Å²) in [5.74, 6) is -1.02. The molecule has 4 aromatic rings. The summed E-state index contributed by atoms with van der Waals surface area (Å²) in [7, 11) is 1.60. The zero-order chi connectivity index (χ0) is 20.8. The number of carbonyl (C=O) groups excluding carboxylic acids is 1. The van der Waals surface area contributed by atoms with Crippen molar-refractivity contribution in [3.05, 3.63) is 83.3 Å². The number of fused-ring (bicyclic) bond motifs is 2. The summed E-state index contributed by atoms with van der Waals surface area (Å²) in [6, 6.07) is 11.0. The molecule has 0 N–H and O–H groups in total. The van der Waals surface area contributed by atoms with Crippen LogP contribution in [0.1, 0.15) is 34.0 Å². The van der Waals surface area contributed by atoms with E-state index in [1.54, 1.807) is 24.0 Å². The van der Waals surface area contributed by atoms with Crippen molar-refractivity contribution in [1.29, 1.82) is 0 Å². The van der Waals surface area contributed by atoms with Crippen LogP contribution in [-0.2, 0) is 6.42 Å². The van der Waals surface area contributed by atoms with Gasteiger partial charge >= 0.3 is 0 Å². The molecule has 0 saturated heterocycles. The van der Waals surface area contributed by atoms with Crippen LogP contribution in [0.15, 0.2) is 54.9 Å². The fourth-order valence-electron chi connectivity index (χ4n) is 4.02. The lowest BCUT2D eigenvalue weighted by atomic mass is 9.82. The Morgan fingerprint density at radius 1 is 1.07 bits per heavy atom. The summed E-state index contributed by atoms with van der Waals surface area (Å²) in [4.78, 5) is 17.5. The van der Waals surface area contributed by atoms with Crippen molar-refractivity contribution in [2.45, 2.75) is 18.8 Å². The minimum Gasteiger partial charge on any atom is -0.497 e. The van der Waals surface area contributed by atoms with Crippen LogP contribution in [0.25, 0.3) is 16.8 Å². The highest BCUT2D eigenvalue weighted by atomic mass is 19.1. The van der Waals surface area contributed by atoms with E-state index in [-0.39, 0.29) is 18.1 Å². The van der Waals surface area contributed by atoms with Gasteiger partial charge in [-0.05, 0) is 47.7 Å². The molecular formula is C23H17F2N3O2. The molecule has 0 fully saturated rings. The Morgan fingerprint density at radius 2 is 1.87 bits per heavy atom. The largest absolute Gasteiger partial charge is 0.497 e. The molecule has 0 spiro atoms. The Kier molecular flexibility index (Phi) is 4.31. The van der Waals surface area contributed by atoms with E-state index in [0.29, 0.717) is 34.6 Å². The van der Waals surface area contributed by atoms with Crippen molar-refractivity contribution in [1.82, 2.24) is 14.6 Å². The van der Waals surface area contributed by atoms with Crippen molar-refractivity contribution in [2.75, 3.05) is 7.11 Å². The number of halogens is 2. The summed E-state index contributed by atoms with van der Waals surface area (Å²) < 4.78 is 34.3. The van der Waals surface area contributed by atoms with E-state index >= 15 is 0 Å². The maximum absolute atomic E-state index is 13.7. The lowest BCUT2D eigenvalue weighted by molar-refractivity contribution is 0.0962. The number of hydrogen-bond donors (Lipinski definition) is 0. The standard InChI is InChI=1S/C23H17F2N3O2/c1-30-18-4-2-3-13(7-18)19-11-26-28-12-20-21(27-23(19)28)8-15(9-22(20)29)14-5-16(24)10-17(25)6-14/h2-7,10-12,15H,8-9H2,1H3. The molecule has 5 rings (SSSR count). The van der Waals surface area contributed by atoms with Gasteiger partial charge in [0, 0.05) is 24.2 Å². The Bertz CT molecular complexity index is 1280. The normalized spacial score (nSPS) is 16.0. The van der Waals surface area contributed by atoms with Gasteiger partial charge in [-0.15, -0.1) is 0 Å². The molecule has 150 valence electrons. The predicted octanol–water partition coefficient (Wildman–Crippen LogP) is 4.60. The quantitative estimate of drug-likeness (QED) is 0.500. The molecule has 7 heteroatoms. The first-order chi connectivity index (χ1) is 14.5.